The van der Waals surface area contributed by atoms with Gasteiger partial charge in [0.15, 0.2) is 6.29 Å². The van der Waals surface area contributed by atoms with Crippen molar-refractivity contribution in [1.29, 1.82) is 0 Å². The second kappa shape index (κ2) is 10.4. The van der Waals surface area contributed by atoms with Crippen LogP contribution in [0.2, 0.25) is 0 Å². The van der Waals surface area contributed by atoms with Crippen molar-refractivity contribution < 1.29 is 19.0 Å². The molecule has 4 heteroatoms. The molecule has 0 radical (unpaired) electrons. The first-order valence-corrected chi connectivity index (χ1v) is 7.57. The fourth-order valence-corrected chi connectivity index (χ4v) is 1.89. The zero-order valence-electron chi connectivity index (χ0n) is 13.3. The Balaban J connectivity index is 2.30. The average Bonchev–Trinajstić information content (AvgIpc) is 2.52. The molecule has 1 aromatic carbocycles. The summed E-state index contributed by atoms with van der Waals surface area (Å²) in [6.45, 7) is 4.54. The van der Waals surface area contributed by atoms with E-state index in [0.717, 1.165) is 6.42 Å². The van der Waals surface area contributed by atoms with E-state index in [1.165, 1.54) is 24.8 Å². The maximum Gasteiger partial charge on any atom is 0.338 e. The number of unbranched alkanes of at least 4 members (excludes halogenated alkanes) is 2. The Kier molecular flexibility index (Phi) is 8.71. The highest BCUT2D eigenvalue weighted by molar-refractivity contribution is 5.89. The molecule has 118 valence electrons. The van der Waals surface area contributed by atoms with Gasteiger partial charge in [-0.3, -0.25) is 0 Å². The Hall–Kier alpha value is -1.39. The lowest BCUT2D eigenvalue weighted by Crippen LogP contribution is -2.16. The molecule has 0 N–H and O–H groups in total. The van der Waals surface area contributed by atoms with E-state index in [1.54, 1.807) is 14.0 Å². The SMILES string of the molecule is CCCCCc1ccc(C(=O)OCCOC(C)OC)cc1. The number of methoxy groups -OCH3 is 1. The maximum atomic E-state index is 11.8. The third-order valence-corrected chi connectivity index (χ3v) is 3.26. The van der Waals surface area contributed by atoms with Gasteiger partial charge in [0.05, 0.1) is 12.2 Å². The van der Waals surface area contributed by atoms with Gasteiger partial charge in [0, 0.05) is 7.11 Å². The monoisotopic (exact) mass is 294 g/mol. The number of rotatable bonds is 10. The predicted molar refractivity (Wildman–Crippen MR) is 82.4 cm³/mol. The molecule has 0 heterocycles. The minimum absolute atomic E-state index is 0.227. The lowest BCUT2D eigenvalue weighted by atomic mass is 10.1. The third kappa shape index (κ3) is 7.25. The summed E-state index contributed by atoms with van der Waals surface area (Å²) in [5, 5.41) is 0. The lowest BCUT2D eigenvalue weighted by molar-refractivity contribution is -0.118. The van der Waals surface area contributed by atoms with Gasteiger partial charge in [-0.2, -0.15) is 0 Å². The maximum absolute atomic E-state index is 11.8. The first kappa shape index (κ1) is 17.7. The Morgan fingerprint density at radius 2 is 1.86 bits per heavy atom. The second-order valence-corrected chi connectivity index (χ2v) is 4.96. The second-order valence-electron chi connectivity index (χ2n) is 4.96. The summed E-state index contributed by atoms with van der Waals surface area (Å²) in [6.07, 6.45) is 4.42. The van der Waals surface area contributed by atoms with Gasteiger partial charge in [0.2, 0.25) is 0 Å². The number of esters is 1. The summed E-state index contributed by atoms with van der Waals surface area (Å²) in [5.74, 6) is -0.316. The summed E-state index contributed by atoms with van der Waals surface area (Å²) in [4.78, 5) is 11.8. The highest BCUT2D eigenvalue weighted by atomic mass is 16.7. The van der Waals surface area contributed by atoms with Crippen molar-refractivity contribution in [2.75, 3.05) is 20.3 Å². The number of hydrogen-bond acceptors (Lipinski definition) is 4. The molecule has 0 saturated heterocycles. The number of aryl methyl sites for hydroxylation is 1. The number of hydrogen-bond donors (Lipinski definition) is 0. The number of carbonyl (C=O) groups is 1. The van der Waals surface area contributed by atoms with Crippen molar-refractivity contribution in [3.8, 4) is 0 Å². The Morgan fingerprint density at radius 3 is 2.48 bits per heavy atom. The van der Waals surface area contributed by atoms with Gasteiger partial charge >= 0.3 is 5.97 Å². The zero-order valence-corrected chi connectivity index (χ0v) is 13.3. The number of ether oxygens (including phenoxy) is 3. The van der Waals surface area contributed by atoms with Crippen LogP contribution in [0.3, 0.4) is 0 Å². The average molecular weight is 294 g/mol. The molecule has 0 spiro atoms. The molecule has 0 saturated carbocycles. The van der Waals surface area contributed by atoms with Crippen LogP contribution in [0.5, 0.6) is 0 Å². The molecule has 21 heavy (non-hydrogen) atoms. The van der Waals surface area contributed by atoms with E-state index < -0.39 is 0 Å². The van der Waals surface area contributed by atoms with Gasteiger partial charge in [-0.05, 0) is 37.5 Å². The highest BCUT2D eigenvalue weighted by Crippen LogP contribution is 2.10. The summed E-state index contributed by atoms with van der Waals surface area (Å²) < 4.78 is 15.3. The van der Waals surface area contributed by atoms with E-state index in [0.29, 0.717) is 12.2 Å². The molecule has 0 aliphatic rings. The van der Waals surface area contributed by atoms with E-state index in [-0.39, 0.29) is 18.9 Å². The predicted octanol–water partition coefficient (Wildman–Crippen LogP) is 3.59. The number of carbonyl (C=O) groups excluding carboxylic acids is 1. The Morgan fingerprint density at radius 1 is 1.14 bits per heavy atom. The van der Waals surface area contributed by atoms with Crippen LogP contribution in [0.4, 0.5) is 0 Å². The summed E-state index contributed by atoms with van der Waals surface area (Å²) >= 11 is 0. The summed E-state index contributed by atoms with van der Waals surface area (Å²) in [5.41, 5.74) is 1.84. The van der Waals surface area contributed by atoms with Gasteiger partial charge in [0.25, 0.3) is 0 Å². The normalized spacial score (nSPS) is 12.1. The zero-order chi connectivity index (χ0) is 15.5. The molecule has 0 fully saturated rings. The van der Waals surface area contributed by atoms with Crippen LogP contribution in [0, 0.1) is 0 Å². The van der Waals surface area contributed by atoms with E-state index in [9.17, 15) is 4.79 Å². The molecule has 1 rings (SSSR count). The largest absolute Gasteiger partial charge is 0.460 e. The first-order chi connectivity index (χ1) is 10.2. The van der Waals surface area contributed by atoms with Crippen LogP contribution in [0.1, 0.15) is 49.0 Å². The van der Waals surface area contributed by atoms with Crippen LogP contribution < -0.4 is 0 Å². The fourth-order valence-electron chi connectivity index (χ4n) is 1.89. The molecule has 1 atom stereocenters. The molecule has 4 nitrogen and oxygen atoms in total. The van der Waals surface area contributed by atoms with Crippen molar-refractivity contribution >= 4 is 5.97 Å². The molecule has 1 aromatic rings. The molecule has 0 bridgehead atoms. The first-order valence-electron chi connectivity index (χ1n) is 7.57. The van der Waals surface area contributed by atoms with Crippen molar-refractivity contribution in [2.24, 2.45) is 0 Å². The van der Waals surface area contributed by atoms with Crippen LogP contribution >= 0.6 is 0 Å². The van der Waals surface area contributed by atoms with E-state index in [1.807, 2.05) is 24.3 Å². The van der Waals surface area contributed by atoms with Gasteiger partial charge in [-0.25, -0.2) is 4.79 Å². The summed E-state index contributed by atoms with van der Waals surface area (Å²) in [7, 11) is 1.57. The lowest BCUT2D eigenvalue weighted by Gasteiger charge is -2.11. The standard InChI is InChI=1S/C17H26O4/c1-4-5-6-7-15-8-10-16(11-9-15)17(18)21-13-12-20-14(2)19-3/h8-11,14H,4-7,12-13H2,1-3H3. The van der Waals surface area contributed by atoms with Gasteiger partial charge < -0.3 is 14.2 Å². The topological polar surface area (TPSA) is 44.8 Å². The molecular formula is C17H26O4. The third-order valence-electron chi connectivity index (χ3n) is 3.26. The molecule has 0 amide bonds. The van der Waals surface area contributed by atoms with Crippen molar-refractivity contribution in [1.82, 2.24) is 0 Å². The minimum Gasteiger partial charge on any atom is -0.460 e. The number of benzene rings is 1. The van der Waals surface area contributed by atoms with E-state index in [4.69, 9.17) is 14.2 Å². The minimum atomic E-state index is -0.316. The van der Waals surface area contributed by atoms with Crippen LogP contribution in [-0.4, -0.2) is 32.6 Å². The van der Waals surface area contributed by atoms with Gasteiger partial charge in [0.1, 0.15) is 6.61 Å². The van der Waals surface area contributed by atoms with Crippen molar-refractivity contribution in [3.63, 3.8) is 0 Å². The van der Waals surface area contributed by atoms with Gasteiger partial charge in [-0.15, -0.1) is 0 Å². The van der Waals surface area contributed by atoms with Gasteiger partial charge in [-0.1, -0.05) is 31.9 Å². The Labute approximate surface area is 127 Å². The van der Waals surface area contributed by atoms with Crippen molar-refractivity contribution in [3.05, 3.63) is 35.4 Å². The molecule has 0 aliphatic carbocycles. The quantitative estimate of drug-likeness (QED) is 0.376. The fraction of sp³-hybridized carbons (Fsp3) is 0.588. The van der Waals surface area contributed by atoms with E-state index >= 15 is 0 Å². The molecule has 1 unspecified atom stereocenters. The van der Waals surface area contributed by atoms with Crippen LogP contribution in [0.25, 0.3) is 0 Å². The van der Waals surface area contributed by atoms with E-state index in [2.05, 4.69) is 6.92 Å². The molecule has 0 aromatic heterocycles. The molecular weight excluding hydrogens is 268 g/mol. The highest BCUT2D eigenvalue weighted by Gasteiger charge is 2.07. The van der Waals surface area contributed by atoms with Crippen LogP contribution in [-0.2, 0) is 20.6 Å². The smallest absolute Gasteiger partial charge is 0.338 e. The summed E-state index contributed by atoms with van der Waals surface area (Å²) in [6, 6.07) is 7.63. The Bertz CT molecular complexity index is 400. The van der Waals surface area contributed by atoms with Crippen LogP contribution in [0.15, 0.2) is 24.3 Å². The van der Waals surface area contributed by atoms with Crippen molar-refractivity contribution in [2.45, 2.75) is 45.8 Å². The molecule has 0 aliphatic heterocycles.